The van der Waals surface area contributed by atoms with Crippen LogP contribution in [0.3, 0.4) is 0 Å². The Morgan fingerprint density at radius 1 is 0.197 bits per heavy atom. The lowest BCUT2D eigenvalue weighted by Crippen LogP contribution is -2.04. The van der Waals surface area contributed by atoms with Crippen LogP contribution >= 0.6 is 0 Å². The lowest BCUT2D eigenvalue weighted by molar-refractivity contribution is 1.14. The molecular formula is C124H62N18. The van der Waals surface area contributed by atoms with E-state index in [-0.39, 0.29) is 0 Å². The van der Waals surface area contributed by atoms with Gasteiger partial charge < -0.3 is 18.3 Å². The van der Waals surface area contributed by atoms with E-state index in [0.717, 1.165) is 188 Å². The second-order valence-electron chi connectivity index (χ2n) is 34.2. The number of aryl methyl sites for hydroxylation is 2. The van der Waals surface area contributed by atoms with Crippen molar-refractivity contribution in [3.63, 3.8) is 0 Å². The van der Waals surface area contributed by atoms with Crippen molar-refractivity contribution >= 4 is 121 Å². The van der Waals surface area contributed by atoms with E-state index in [9.17, 15) is 42.1 Å². The van der Waals surface area contributed by atoms with E-state index in [2.05, 4.69) is 188 Å². The predicted molar refractivity (Wildman–Crippen MR) is 558 cm³/mol. The fraction of sp³-hybridized carbons (Fsp3) is 0.0161. The van der Waals surface area contributed by atoms with E-state index in [4.69, 9.17) is 39.4 Å². The normalized spacial score (nSPS) is 10.8. The van der Waals surface area contributed by atoms with Gasteiger partial charge in [-0.15, -0.1) is 0 Å². The number of nitriles is 8. The third-order valence-corrected chi connectivity index (χ3v) is 26.4. The van der Waals surface area contributed by atoms with Crippen molar-refractivity contribution in [3.8, 4) is 160 Å². The van der Waals surface area contributed by atoms with Crippen LogP contribution in [0.5, 0.6) is 0 Å². The van der Waals surface area contributed by atoms with Gasteiger partial charge in [-0.25, -0.2) is 29.1 Å². The van der Waals surface area contributed by atoms with E-state index in [1.807, 2.05) is 171 Å². The van der Waals surface area contributed by atoms with Gasteiger partial charge in [0, 0.05) is 98.7 Å². The third-order valence-electron chi connectivity index (χ3n) is 26.4. The van der Waals surface area contributed by atoms with Crippen molar-refractivity contribution < 1.29 is 0 Å². The molecule has 0 N–H and O–H groups in total. The summed E-state index contributed by atoms with van der Waals surface area (Å²) in [5.41, 5.74) is 30.7. The molecular weight excluding hydrogens is 1740 g/mol. The van der Waals surface area contributed by atoms with Crippen LogP contribution in [0.25, 0.3) is 228 Å². The van der Waals surface area contributed by atoms with Crippen LogP contribution in [0, 0.1) is 144 Å². The number of para-hydroxylation sites is 4. The van der Waals surface area contributed by atoms with Crippen LogP contribution < -0.4 is 0 Å². The molecule has 0 unspecified atom stereocenters. The summed E-state index contributed by atoms with van der Waals surface area (Å²) in [7, 11) is 0. The van der Waals surface area contributed by atoms with Crippen LogP contribution in [-0.2, 0) is 0 Å². The first-order valence-corrected chi connectivity index (χ1v) is 44.6. The summed E-state index contributed by atoms with van der Waals surface area (Å²) in [6.07, 6.45) is 0. The van der Waals surface area contributed by atoms with Gasteiger partial charge >= 0.3 is 0 Å². The molecule has 4 heterocycles. The summed E-state index contributed by atoms with van der Waals surface area (Å²) in [5.74, 6) is 0. The summed E-state index contributed by atoms with van der Waals surface area (Å²) in [5, 5.41) is 88.0. The maximum Gasteiger partial charge on any atom is 0.196 e. The van der Waals surface area contributed by atoms with Crippen molar-refractivity contribution in [2.24, 2.45) is 0 Å². The summed E-state index contributed by atoms with van der Waals surface area (Å²) in [4.78, 5) is 22.0. The second-order valence-corrected chi connectivity index (χ2v) is 34.2. The van der Waals surface area contributed by atoms with Crippen LogP contribution in [0.1, 0.15) is 55.6 Å². The Kier molecular flexibility index (Phi) is 21.7. The van der Waals surface area contributed by atoms with Crippen molar-refractivity contribution in [2.45, 2.75) is 13.8 Å². The highest BCUT2D eigenvalue weighted by atomic mass is 15.0. The minimum Gasteiger partial charge on any atom is -0.309 e. The molecule has 0 amide bonds. The van der Waals surface area contributed by atoms with E-state index in [1.54, 1.807) is 91.0 Å². The number of hydrogen-bond acceptors (Lipinski definition) is 8. The maximum atomic E-state index is 10.7. The number of rotatable bonds is 12. The standard InChI is InChI=1S/C70H33N11.C54H29N7/c1-41-7-6-8-57(70(41)81-68-25-13-46(54-21-17-52(77-3)31-50(54)40-75)33-61(68)62-35-48(15-26-69(62)81)56-19-10-44(38-73)29-64(56)79-5)58-27-42(36-71)11-22-65(58)80-66-23-12-45(53-20-16-51(76-2)30-49(53)39-74)32-59(66)60-34-47(14-24-67(60)80)55-18-9-43(37-72)28-63(55)78-4;1-33-9-8-12-45(54(33)61-50-14-7-5-11-44(50)48-29-38(17-20-53(48)61)40-22-36(32-57)24-42(27-40)59-3)46-25-34(30-55)15-18-51(46)60-49-13-6-4-10-43(49)47-28-37(16-19-52(47)60)39-21-35(31-56)23-41(26-39)58-2/h6-35H,1H3;4-29H,1H3. The van der Waals surface area contributed by atoms with Crippen molar-refractivity contribution in [1.82, 2.24) is 18.3 Å². The van der Waals surface area contributed by atoms with Crippen molar-refractivity contribution in [1.29, 1.82) is 42.1 Å². The zero-order chi connectivity index (χ0) is 97.8. The molecule has 142 heavy (non-hydrogen) atoms. The first kappa shape index (κ1) is 86.7. The number of aromatic nitrogens is 4. The Morgan fingerprint density at radius 2 is 0.507 bits per heavy atom. The highest BCUT2D eigenvalue weighted by Gasteiger charge is 2.29. The van der Waals surface area contributed by atoms with Gasteiger partial charge in [0.15, 0.2) is 34.1 Å². The topological polar surface area (TPSA) is 236 Å². The van der Waals surface area contributed by atoms with E-state index in [1.165, 1.54) is 0 Å². The van der Waals surface area contributed by atoms with E-state index >= 15 is 0 Å². The van der Waals surface area contributed by atoms with Crippen molar-refractivity contribution in [3.05, 3.63) is 464 Å². The molecule has 4 aromatic heterocycles. The molecule has 0 radical (unpaired) electrons. The molecule has 18 aromatic carbocycles. The minimum absolute atomic E-state index is 0.333. The van der Waals surface area contributed by atoms with Crippen LogP contribution in [0.4, 0.5) is 34.1 Å². The highest BCUT2D eigenvalue weighted by molar-refractivity contribution is 6.17. The largest absolute Gasteiger partial charge is 0.309 e. The van der Waals surface area contributed by atoms with Crippen molar-refractivity contribution in [2.75, 3.05) is 0 Å². The summed E-state index contributed by atoms with van der Waals surface area (Å²) in [6.45, 7) is 50.8. The monoisotopic (exact) mass is 1800 g/mol. The smallest absolute Gasteiger partial charge is 0.196 e. The number of nitrogens with zero attached hydrogens (tertiary/aromatic N) is 18. The molecule has 0 fully saturated rings. The molecule has 0 saturated heterocycles. The first-order valence-electron chi connectivity index (χ1n) is 44.6. The SMILES string of the molecule is [C-]#[N+]c1cc(C#N)cc(-c2ccc3c(c2)c2ccccc2n3-c2ccc(C#N)cc2-c2cccc(C)c2-n2c3ccccc3c3cc(-c4cc(C#N)cc([N+]#[C-])c4)ccc32)c1.[C-]#[N+]c1ccc(-c2ccc3c(c2)c2cc(-c4ccc(C#N)cc4[N+]#[C-])ccc2n3-c2ccc(C#N)cc2-c2cccc(C)c2-n2c3ccc(-c4ccc([N+]#[C-])cc4C#N)cc3c3cc(-c4ccc(C#N)cc4[N+]#[C-])ccc32)c(C#N)c1. The molecule has 0 atom stereocenters. The van der Waals surface area contributed by atoms with Gasteiger partial charge in [0.1, 0.15) is 0 Å². The Labute approximate surface area is 814 Å². The fourth-order valence-corrected chi connectivity index (χ4v) is 20.0. The van der Waals surface area contributed by atoms with Gasteiger partial charge in [-0.2, -0.15) is 42.1 Å². The Bertz CT molecular complexity index is 9730. The van der Waals surface area contributed by atoms with Gasteiger partial charge in [0.25, 0.3) is 0 Å². The molecule has 0 aliphatic heterocycles. The fourth-order valence-electron chi connectivity index (χ4n) is 20.0. The van der Waals surface area contributed by atoms with Crippen LogP contribution in [-0.4, -0.2) is 18.3 Å². The molecule has 0 saturated carbocycles. The van der Waals surface area contributed by atoms with Crippen LogP contribution in [0.15, 0.2) is 340 Å². The highest BCUT2D eigenvalue weighted by Crippen LogP contribution is 2.50. The van der Waals surface area contributed by atoms with Crippen LogP contribution in [0.2, 0.25) is 0 Å². The molecule has 0 aliphatic carbocycles. The minimum atomic E-state index is 0.333. The third kappa shape index (κ3) is 14.7. The molecule has 22 rings (SSSR count). The van der Waals surface area contributed by atoms with Gasteiger partial charge in [-0.3, -0.25) is 0 Å². The zero-order valence-corrected chi connectivity index (χ0v) is 75.4. The van der Waals surface area contributed by atoms with E-state index in [0.29, 0.717) is 101 Å². The molecule has 18 nitrogen and oxygen atoms in total. The zero-order valence-electron chi connectivity index (χ0n) is 75.4. The number of fused-ring (bicyclic) bond motifs is 12. The van der Waals surface area contributed by atoms with Gasteiger partial charge in [-0.05, 0) is 286 Å². The number of benzene rings is 18. The Hall–Kier alpha value is -22.0. The average molecular weight is 1800 g/mol. The lowest BCUT2D eigenvalue weighted by atomic mass is 9.96. The second kappa shape index (κ2) is 35.5. The molecule has 22 aromatic rings. The first-order chi connectivity index (χ1) is 69.5. The summed E-state index contributed by atoms with van der Waals surface area (Å²) < 4.78 is 8.96. The number of hydrogen-bond donors (Lipinski definition) is 0. The molecule has 0 spiro atoms. The molecule has 0 bridgehead atoms. The predicted octanol–water partition coefficient (Wildman–Crippen LogP) is 32.0. The van der Waals surface area contributed by atoms with E-state index < -0.39 is 0 Å². The quantitative estimate of drug-likeness (QED) is 0.106. The molecule has 648 valence electrons. The molecule has 18 heteroatoms. The average Bonchev–Trinajstić information content (AvgIpc) is 1.57. The molecule has 0 aliphatic rings. The van der Waals surface area contributed by atoms with Gasteiger partial charge in [0.2, 0.25) is 0 Å². The lowest BCUT2D eigenvalue weighted by Gasteiger charge is -2.21. The summed E-state index contributed by atoms with van der Waals surface area (Å²) >= 11 is 0. The summed E-state index contributed by atoms with van der Waals surface area (Å²) in [6, 6.07) is 126. The van der Waals surface area contributed by atoms with Gasteiger partial charge in [0.05, 0.1) is 166 Å². The van der Waals surface area contributed by atoms with Gasteiger partial charge in [-0.1, -0.05) is 146 Å². The Morgan fingerprint density at radius 3 is 0.866 bits per heavy atom. The Balaban J connectivity index is 0.000000175. The maximum absolute atomic E-state index is 10.7.